The van der Waals surface area contributed by atoms with Crippen molar-refractivity contribution in [3.05, 3.63) is 12.8 Å². The molecule has 0 amide bonds. The second-order valence-electron chi connectivity index (χ2n) is 4.11. The first-order valence-corrected chi connectivity index (χ1v) is 11.3. The Bertz CT molecular complexity index is 424. The summed E-state index contributed by atoms with van der Waals surface area (Å²) in [6.07, 6.45) is 4.61. The molecule has 0 heterocycles. The summed E-state index contributed by atoms with van der Waals surface area (Å²) < 4.78 is 35.2. The van der Waals surface area contributed by atoms with E-state index in [4.69, 9.17) is 63.7 Å². The standard InChI is InChI=1S/C10H20N6O7Si3/c1-2-17-3-10(24(18-4-11)19-5-12,25(20-6-13)21-7-14)26(22-8-15)23-9-16/h2,4-9,11-16,24-26H,1,3H2. The van der Waals surface area contributed by atoms with Gasteiger partial charge in [-0.05, 0) is 0 Å². The van der Waals surface area contributed by atoms with Gasteiger partial charge in [0.2, 0.25) is 0 Å². The van der Waals surface area contributed by atoms with Gasteiger partial charge in [0.15, 0.2) is 42.7 Å². The zero-order chi connectivity index (χ0) is 19.8. The van der Waals surface area contributed by atoms with Crippen molar-refractivity contribution in [2.24, 2.45) is 0 Å². The zero-order valence-corrected chi connectivity index (χ0v) is 17.0. The highest BCUT2D eigenvalue weighted by molar-refractivity contribution is 6.90. The lowest BCUT2D eigenvalue weighted by atomic mass is 10.8. The van der Waals surface area contributed by atoms with Gasteiger partial charge in [0.25, 0.3) is 0 Å². The SMILES string of the molecule is C=COCC([SiH](OC=N)OC=N)([SiH](OC=N)OC=N)[SiH](OC=N)OC=N. The van der Waals surface area contributed by atoms with Gasteiger partial charge in [0, 0.05) is 0 Å². The molecular formula is C10H20N6O7Si3. The minimum absolute atomic E-state index is 0.299. The second kappa shape index (κ2) is 13.3. The van der Waals surface area contributed by atoms with Gasteiger partial charge in [-0.2, -0.15) is 0 Å². The van der Waals surface area contributed by atoms with Gasteiger partial charge >= 0.3 is 27.9 Å². The lowest BCUT2D eigenvalue weighted by Crippen LogP contribution is -2.62. The summed E-state index contributed by atoms with van der Waals surface area (Å²) in [4.78, 5) is 0. The minimum Gasteiger partial charge on any atom is -0.505 e. The van der Waals surface area contributed by atoms with E-state index in [0.717, 1.165) is 6.26 Å². The molecule has 0 aromatic rings. The molecule has 26 heavy (non-hydrogen) atoms. The molecule has 16 heteroatoms. The first-order valence-electron chi connectivity index (χ1n) is 6.71. The molecule has 0 spiro atoms. The molecule has 0 aliphatic heterocycles. The van der Waals surface area contributed by atoms with Gasteiger partial charge in [-0.3, -0.25) is 32.5 Å². The van der Waals surface area contributed by atoms with Crippen LogP contribution in [0.3, 0.4) is 0 Å². The van der Waals surface area contributed by atoms with Gasteiger partial charge < -0.3 is 31.3 Å². The van der Waals surface area contributed by atoms with Gasteiger partial charge in [-0.15, -0.1) is 0 Å². The average Bonchev–Trinajstić information content (AvgIpc) is 2.63. The number of nitrogens with one attached hydrogen (secondary N) is 6. The van der Waals surface area contributed by atoms with Crippen molar-refractivity contribution in [3.63, 3.8) is 0 Å². The molecule has 0 unspecified atom stereocenters. The molecular weight excluding hydrogens is 400 g/mol. The summed E-state index contributed by atoms with van der Waals surface area (Å²) in [6, 6.07) is 0. The summed E-state index contributed by atoms with van der Waals surface area (Å²) >= 11 is 0. The molecule has 144 valence electrons. The van der Waals surface area contributed by atoms with Crippen molar-refractivity contribution < 1.29 is 31.3 Å². The predicted octanol–water partition coefficient (Wildman–Crippen LogP) is -0.631. The van der Waals surface area contributed by atoms with Gasteiger partial charge in [-0.1, -0.05) is 6.58 Å². The Hall–Kier alpha value is -2.99. The number of ether oxygens (including phenoxy) is 1. The third-order valence-corrected chi connectivity index (χ3v) is 13.2. The molecule has 0 saturated heterocycles. The van der Waals surface area contributed by atoms with E-state index >= 15 is 0 Å². The fraction of sp³-hybridized carbons (Fsp3) is 0.200. The van der Waals surface area contributed by atoms with Crippen LogP contribution in [0.5, 0.6) is 0 Å². The maximum atomic E-state index is 7.22. The van der Waals surface area contributed by atoms with Crippen LogP contribution in [0.2, 0.25) is 4.28 Å². The molecule has 0 saturated carbocycles. The van der Waals surface area contributed by atoms with Crippen molar-refractivity contribution in [2.75, 3.05) is 6.61 Å². The van der Waals surface area contributed by atoms with Crippen molar-refractivity contribution in [1.29, 1.82) is 32.5 Å². The third kappa shape index (κ3) is 5.82. The Balaban J connectivity index is 6.52. The van der Waals surface area contributed by atoms with E-state index in [0.29, 0.717) is 38.4 Å². The van der Waals surface area contributed by atoms with E-state index in [9.17, 15) is 0 Å². The summed E-state index contributed by atoms with van der Waals surface area (Å²) in [5.74, 6) is 0. The van der Waals surface area contributed by atoms with E-state index in [1.54, 1.807) is 0 Å². The Morgan fingerprint density at radius 3 is 1.08 bits per heavy atom. The van der Waals surface area contributed by atoms with E-state index < -0.39 is 32.1 Å². The first kappa shape index (κ1) is 23.0. The highest BCUT2D eigenvalue weighted by atomic mass is 28.4. The number of hydrogen-bond donors (Lipinski definition) is 6. The van der Waals surface area contributed by atoms with Crippen molar-refractivity contribution in [2.45, 2.75) is 4.28 Å². The summed E-state index contributed by atoms with van der Waals surface area (Å²) in [5.41, 5.74) is 0. The van der Waals surface area contributed by atoms with Gasteiger partial charge in [0.1, 0.15) is 6.61 Å². The van der Waals surface area contributed by atoms with E-state index in [-0.39, 0.29) is 6.61 Å². The maximum Gasteiger partial charge on any atom is 0.463 e. The molecule has 0 radical (unpaired) electrons. The molecule has 0 aromatic heterocycles. The molecule has 0 aliphatic carbocycles. The van der Waals surface area contributed by atoms with E-state index in [2.05, 4.69) is 6.58 Å². The van der Waals surface area contributed by atoms with Gasteiger partial charge in [-0.25, -0.2) is 0 Å². The molecule has 0 aliphatic rings. The third-order valence-electron chi connectivity index (χ3n) is 2.92. The van der Waals surface area contributed by atoms with Crippen LogP contribution < -0.4 is 0 Å². The van der Waals surface area contributed by atoms with E-state index in [1.165, 1.54) is 0 Å². The molecule has 0 fully saturated rings. The fourth-order valence-corrected chi connectivity index (χ4v) is 10.6. The maximum absolute atomic E-state index is 7.22. The van der Waals surface area contributed by atoms with Gasteiger partial charge in [0.05, 0.1) is 6.26 Å². The first-order chi connectivity index (χ1) is 12.6. The predicted molar refractivity (Wildman–Crippen MR) is 99.5 cm³/mol. The Labute approximate surface area is 154 Å². The Morgan fingerprint density at radius 1 is 0.615 bits per heavy atom. The normalized spacial score (nSPS) is 15.2. The van der Waals surface area contributed by atoms with Crippen LogP contribution in [0.15, 0.2) is 12.8 Å². The lowest BCUT2D eigenvalue weighted by molar-refractivity contribution is 0.206. The Kier molecular flexibility index (Phi) is 11.8. The Morgan fingerprint density at radius 2 is 0.885 bits per heavy atom. The second-order valence-corrected chi connectivity index (χ2v) is 13.0. The van der Waals surface area contributed by atoms with Crippen LogP contribution in [-0.4, -0.2) is 72.9 Å². The van der Waals surface area contributed by atoms with Crippen LogP contribution in [0.4, 0.5) is 0 Å². The molecule has 13 nitrogen and oxygen atoms in total. The molecule has 0 aromatic carbocycles. The highest BCUT2D eigenvalue weighted by Gasteiger charge is 2.68. The quantitative estimate of drug-likeness (QED) is 0.0731. The molecule has 0 rings (SSSR count). The van der Waals surface area contributed by atoms with Crippen LogP contribution in [0.1, 0.15) is 0 Å². The van der Waals surface area contributed by atoms with Crippen LogP contribution in [-0.2, 0) is 31.3 Å². The average molecular weight is 421 g/mol. The molecule has 0 bridgehead atoms. The number of hydrogen-bond acceptors (Lipinski definition) is 13. The van der Waals surface area contributed by atoms with Crippen molar-refractivity contribution in [3.8, 4) is 0 Å². The van der Waals surface area contributed by atoms with Crippen LogP contribution >= 0.6 is 0 Å². The van der Waals surface area contributed by atoms with Crippen molar-refractivity contribution in [1.82, 2.24) is 0 Å². The fourth-order valence-electron chi connectivity index (χ4n) is 1.97. The lowest BCUT2D eigenvalue weighted by Gasteiger charge is -2.39. The summed E-state index contributed by atoms with van der Waals surface area (Å²) in [6.45, 7) is 3.13. The number of rotatable bonds is 18. The van der Waals surface area contributed by atoms with E-state index in [1.807, 2.05) is 0 Å². The van der Waals surface area contributed by atoms with Crippen LogP contribution in [0, 0.1) is 32.5 Å². The largest absolute Gasteiger partial charge is 0.505 e. The van der Waals surface area contributed by atoms with Crippen molar-refractivity contribution >= 4 is 66.3 Å². The summed E-state index contributed by atoms with van der Waals surface area (Å²) in [5, 5.41) is 43.3. The van der Waals surface area contributed by atoms with Crippen LogP contribution in [0.25, 0.3) is 0 Å². The monoisotopic (exact) mass is 420 g/mol. The molecule has 6 N–H and O–H groups in total. The topological polar surface area (TPSA) is 208 Å². The minimum atomic E-state index is -3.21. The molecule has 0 atom stereocenters. The zero-order valence-electron chi connectivity index (χ0n) is 13.5. The summed E-state index contributed by atoms with van der Waals surface area (Å²) in [7, 11) is -9.62. The highest BCUT2D eigenvalue weighted by Crippen LogP contribution is 2.39. The smallest absolute Gasteiger partial charge is 0.463 e.